The third-order valence-electron chi connectivity index (χ3n) is 6.88. The van der Waals surface area contributed by atoms with E-state index in [0.717, 1.165) is 0 Å². The number of carboxylic acid groups (broad SMARTS) is 2. The van der Waals surface area contributed by atoms with Gasteiger partial charge in [0.1, 0.15) is 5.60 Å². The Kier molecular flexibility index (Phi) is 15.0. The summed E-state index contributed by atoms with van der Waals surface area (Å²) < 4.78 is 336. The molecule has 0 radical (unpaired) electrons. The summed E-state index contributed by atoms with van der Waals surface area (Å²) in [6.07, 6.45) is -40.9. The standard InChI is InChI=1S/C13H9F15O3.C11H9F11O3/c1-4(6(30)31)2-5(29)3-7(14,15)9(17,18)11(21,22)10(19,20)8(16,12(23,24)25)13(26,27)28;1-4(5(23)24)3-6(2,25)8(13,14)9(15,16)7(12,10(17,18)19)11(20,21)22/h5,29H,1-3H2,(H,30,31);25H,1,3H2,2H3,(H,23,24). The molecule has 0 amide bonds. The highest BCUT2D eigenvalue weighted by atomic mass is 19.4. The molecule has 0 aromatic heterocycles. The molecule has 0 aromatic rings. The summed E-state index contributed by atoms with van der Waals surface area (Å²) in [4.78, 5) is 20.8. The minimum Gasteiger partial charge on any atom is -0.478 e. The second-order valence-corrected chi connectivity index (χ2v) is 11.2. The number of alkyl halides is 26. The molecule has 0 bridgehead atoms. The van der Waals surface area contributed by atoms with E-state index < -0.39 is 126 Å². The van der Waals surface area contributed by atoms with E-state index in [1.165, 1.54) is 0 Å². The molecular formula is C24H18F26O6. The van der Waals surface area contributed by atoms with Crippen LogP contribution in [-0.2, 0) is 9.59 Å². The van der Waals surface area contributed by atoms with E-state index in [-0.39, 0.29) is 6.92 Å². The van der Waals surface area contributed by atoms with E-state index >= 15 is 0 Å². The molecule has 0 aliphatic carbocycles. The predicted molar refractivity (Wildman–Crippen MR) is 126 cm³/mol. The van der Waals surface area contributed by atoms with Crippen LogP contribution in [0.5, 0.6) is 0 Å². The second-order valence-electron chi connectivity index (χ2n) is 11.2. The van der Waals surface area contributed by atoms with Crippen molar-refractivity contribution >= 4 is 11.9 Å². The summed E-state index contributed by atoms with van der Waals surface area (Å²) in [6.45, 7) is 4.73. The fourth-order valence-electron chi connectivity index (χ4n) is 3.70. The van der Waals surface area contributed by atoms with Crippen LogP contribution in [0.3, 0.4) is 0 Å². The average Bonchev–Trinajstić information content (AvgIpc) is 2.92. The molecule has 0 aliphatic rings. The maximum Gasteiger partial charge on any atom is 0.438 e. The molecule has 332 valence electrons. The lowest BCUT2D eigenvalue weighted by Crippen LogP contribution is -2.75. The van der Waals surface area contributed by atoms with Gasteiger partial charge >= 0.3 is 83.5 Å². The summed E-state index contributed by atoms with van der Waals surface area (Å²) in [5.41, 5.74) is -23.3. The van der Waals surface area contributed by atoms with Crippen LogP contribution in [0.2, 0.25) is 0 Å². The molecule has 0 aromatic carbocycles. The van der Waals surface area contributed by atoms with E-state index in [1.807, 2.05) is 0 Å². The van der Waals surface area contributed by atoms with Gasteiger partial charge in [0.25, 0.3) is 0 Å². The fourth-order valence-corrected chi connectivity index (χ4v) is 3.70. The molecule has 0 saturated heterocycles. The van der Waals surface area contributed by atoms with E-state index in [1.54, 1.807) is 0 Å². The summed E-state index contributed by atoms with van der Waals surface area (Å²) in [6, 6.07) is 0. The molecule has 0 heterocycles. The number of aliphatic carboxylic acids is 2. The maximum absolute atomic E-state index is 13.7. The van der Waals surface area contributed by atoms with E-state index in [0.29, 0.717) is 0 Å². The highest BCUT2D eigenvalue weighted by molar-refractivity contribution is 5.86. The van der Waals surface area contributed by atoms with Gasteiger partial charge in [-0.3, -0.25) is 0 Å². The summed E-state index contributed by atoms with van der Waals surface area (Å²) in [5.74, 6) is -49.9. The summed E-state index contributed by atoms with van der Waals surface area (Å²) >= 11 is 0. The molecule has 0 saturated carbocycles. The maximum atomic E-state index is 13.7. The van der Waals surface area contributed by atoms with Gasteiger partial charge in [-0.2, -0.15) is 105 Å². The molecule has 32 heteroatoms. The molecule has 0 fully saturated rings. The number of halogens is 26. The van der Waals surface area contributed by atoms with Crippen LogP contribution in [0.1, 0.15) is 26.2 Å². The van der Waals surface area contributed by atoms with Crippen LogP contribution in [0, 0.1) is 0 Å². The topological polar surface area (TPSA) is 115 Å². The van der Waals surface area contributed by atoms with Crippen molar-refractivity contribution < 1.29 is 144 Å². The molecule has 0 aliphatic heterocycles. The van der Waals surface area contributed by atoms with Crippen molar-refractivity contribution in [1.29, 1.82) is 0 Å². The lowest BCUT2D eigenvalue weighted by Gasteiger charge is -2.44. The first-order valence-corrected chi connectivity index (χ1v) is 12.9. The number of carbonyl (C=O) groups is 2. The Labute approximate surface area is 291 Å². The number of aliphatic hydroxyl groups is 2. The number of hydrogen-bond acceptors (Lipinski definition) is 4. The van der Waals surface area contributed by atoms with Gasteiger partial charge < -0.3 is 20.4 Å². The Morgan fingerprint density at radius 2 is 0.750 bits per heavy atom. The van der Waals surface area contributed by atoms with Crippen LogP contribution in [-0.4, -0.2) is 116 Å². The predicted octanol–water partition coefficient (Wildman–Crippen LogP) is 9.01. The molecule has 56 heavy (non-hydrogen) atoms. The second kappa shape index (κ2) is 15.4. The summed E-state index contributed by atoms with van der Waals surface area (Å²) in [5, 5.41) is 35.0. The van der Waals surface area contributed by atoms with E-state index in [9.17, 15) is 129 Å². The normalized spacial score (nSPS) is 16.7. The third kappa shape index (κ3) is 8.97. The van der Waals surface area contributed by atoms with E-state index in [4.69, 9.17) is 15.3 Å². The zero-order chi connectivity index (χ0) is 46.5. The Balaban J connectivity index is 0. The summed E-state index contributed by atoms with van der Waals surface area (Å²) in [7, 11) is 0. The molecule has 4 N–H and O–H groups in total. The Morgan fingerprint density at radius 3 is 1.00 bits per heavy atom. The van der Waals surface area contributed by atoms with Crippen LogP contribution >= 0.6 is 0 Å². The first kappa shape index (κ1) is 54.6. The van der Waals surface area contributed by atoms with Gasteiger partial charge in [-0.15, -0.1) is 0 Å². The molecule has 0 spiro atoms. The number of aliphatic hydroxyl groups excluding tert-OH is 1. The minimum absolute atomic E-state index is 0.387. The van der Waals surface area contributed by atoms with Crippen molar-refractivity contribution in [3.8, 4) is 0 Å². The molecule has 2 atom stereocenters. The first-order chi connectivity index (χ1) is 23.8. The average molecular weight is 896 g/mol. The fraction of sp³-hybridized carbons (Fsp3) is 0.750. The highest BCUT2D eigenvalue weighted by Crippen LogP contribution is 2.65. The van der Waals surface area contributed by atoms with Gasteiger partial charge in [0.2, 0.25) is 0 Å². The lowest BCUT2D eigenvalue weighted by atomic mass is 9.80. The Hall–Kier alpha value is -3.48. The monoisotopic (exact) mass is 896 g/mol. The van der Waals surface area contributed by atoms with Gasteiger partial charge in [0.05, 0.1) is 6.10 Å². The van der Waals surface area contributed by atoms with E-state index in [2.05, 4.69) is 13.2 Å². The highest BCUT2D eigenvalue weighted by Gasteiger charge is 2.96. The van der Waals surface area contributed by atoms with Gasteiger partial charge in [-0.25, -0.2) is 18.4 Å². The minimum atomic E-state index is -8.54. The molecule has 6 nitrogen and oxygen atoms in total. The number of hydrogen-bond donors (Lipinski definition) is 4. The first-order valence-electron chi connectivity index (χ1n) is 12.9. The largest absolute Gasteiger partial charge is 0.478 e. The van der Waals surface area contributed by atoms with Crippen LogP contribution < -0.4 is 0 Å². The van der Waals surface area contributed by atoms with Gasteiger partial charge in [-0.1, -0.05) is 13.2 Å². The SMILES string of the molecule is C=C(CC(C)(O)C(F)(F)C(F)(F)C(F)(C(F)(F)F)C(F)(F)F)C(=O)O.C=C(CC(O)CC(F)(F)C(F)(F)C(F)(F)C(F)(F)C(F)(C(F)(F)F)C(F)(F)F)C(=O)O. The Bertz CT molecular complexity index is 1420. The van der Waals surface area contributed by atoms with Crippen molar-refractivity contribution in [2.75, 3.05) is 0 Å². The molecule has 2 unspecified atom stereocenters. The Morgan fingerprint density at radius 1 is 0.482 bits per heavy atom. The third-order valence-corrected chi connectivity index (χ3v) is 6.88. The van der Waals surface area contributed by atoms with Gasteiger partial charge in [0, 0.05) is 30.4 Å². The smallest absolute Gasteiger partial charge is 0.438 e. The van der Waals surface area contributed by atoms with Crippen LogP contribution in [0.15, 0.2) is 24.3 Å². The molecular weight excluding hydrogens is 878 g/mol. The number of rotatable bonds is 15. The van der Waals surface area contributed by atoms with Crippen molar-refractivity contribution in [1.82, 2.24) is 0 Å². The zero-order valence-electron chi connectivity index (χ0n) is 26.0. The van der Waals surface area contributed by atoms with Crippen LogP contribution in [0.4, 0.5) is 114 Å². The van der Waals surface area contributed by atoms with Crippen molar-refractivity contribution in [2.45, 2.75) is 109 Å². The quantitative estimate of drug-likeness (QED) is 0.0965. The number of carboxylic acids is 2. The zero-order valence-corrected chi connectivity index (χ0v) is 26.0. The van der Waals surface area contributed by atoms with Gasteiger partial charge in [-0.05, 0) is 6.92 Å². The van der Waals surface area contributed by atoms with Gasteiger partial charge in [0.15, 0.2) is 0 Å². The van der Waals surface area contributed by atoms with Crippen LogP contribution in [0.25, 0.3) is 0 Å². The van der Waals surface area contributed by atoms with Crippen molar-refractivity contribution in [3.05, 3.63) is 24.3 Å². The lowest BCUT2D eigenvalue weighted by molar-refractivity contribution is -0.457. The molecule has 0 rings (SSSR count). The van der Waals surface area contributed by atoms with Crippen molar-refractivity contribution in [3.63, 3.8) is 0 Å². The van der Waals surface area contributed by atoms with Crippen molar-refractivity contribution in [2.24, 2.45) is 0 Å².